The van der Waals surface area contributed by atoms with Crippen molar-refractivity contribution in [1.29, 1.82) is 0 Å². The van der Waals surface area contributed by atoms with Crippen molar-refractivity contribution in [3.05, 3.63) is 52.8 Å². The molecule has 1 aliphatic heterocycles. The summed E-state index contributed by atoms with van der Waals surface area (Å²) in [5.41, 5.74) is 4.78. The Hall–Kier alpha value is -2.47. The number of aromatic nitrogens is 2. The highest BCUT2D eigenvalue weighted by atomic mass is 16.5. The molecule has 6 nitrogen and oxygen atoms in total. The van der Waals surface area contributed by atoms with E-state index in [1.807, 2.05) is 19.1 Å². The molecule has 22 heavy (non-hydrogen) atoms. The van der Waals surface area contributed by atoms with E-state index >= 15 is 0 Å². The Morgan fingerprint density at radius 1 is 1.32 bits per heavy atom. The number of benzene rings is 1. The standard InChI is InChI=1S/C16H18N4O2/c1-10-7-17-15(18-8-10)20-9-12-11(14(21)19-22)5-4-6-13(12)16(20,2)3/h4-8,22H,9H2,1-3H3,(H,19,21). The van der Waals surface area contributed by atoms with Crippen molar-refractivity contribution in [3.8, 4) is 0 Å². The molecule has 6 heteroatoms. The lowest BCUT2D eigenvalue weighted by Crippen LogP contribution is -2.36. The number of hydrogen-bond donors (Lipinski definition) is 2. The van der Waals surface area contributed by atoms with E-state index in [0.717, 1.165) is 16.7 Å². The predicted molar refractivity (Wildman–Crippen MR) is 81.7 cm³/mol. The van der Waals surface area contributed by atoms with Gasteiger partial charge in [-0.2, -0.15) is 0 Å². The van der Waals surface area contributed by atoms with Crippen molar-refractivity contribution < 1.29 is 10.0 Å². The molecule has 1 amide bonds. The van der Waals surface area contributed by atoms with Crippen molar-refractivity contribution >= 4 is 11.9 Å². The minimum absolute atomic E-state index is 0.337. The summed E-state index contributed by atoms with van der Waals surface area (Å²) in [6.07, 6.45) is 3.56. The zero-order valence-electron chi connectivity index (χ0n) is 12.8. The molecule has 114 valence electrons. The second-order valence-corrected chi connectivity index (χ2v) is 5.98. The molecule has 0 fully saturated rings. The van der Waals surface area contributed by atoms with Crippen LogP contribution in [0, 0.1) is 6.92 Å². The summed E-state index contributed by atoms with van der Waals surface area (Å²) in [6, 6.07) is 5.53. The Bertz CT molecular complexity index is 725. The van der Waals surface area contributed by atoms with Gasteiger partial charge in [-0.25, -0.2) is 15.4 Å². The minimum atomic E-state index is -0.501. The number of nitrogens with zero attached hydrogens (tertiary/aromatic N) is 3. The molecule has 0 spiro atoms. The average Bonchev–Trinajstić information content (AvgIpc) is 2.79. The van der Waals surface area contributed by atoms with Gasteiger partial charge < -0.3 is 4.90 Å². The van der Waals surface area contributed by atoms with Gasteiger partial charge in [0.1, 0.15) is 0 Å². The maximum atomic E-state index is 11.9. The smallest absolute Gasteiger partial charge is 0.274 e. The SMILES string of the molecule is Cc1cnc(N2Cc3c(C(=O)NO)cccc3C2(C)C)nc1. The first-order valence-corrected chi connectivity index (χ1v) is 7.08. The molecule has 0 saturated heterocycles. The van der Waals surface area contributed by atoms with Crippen molar-refractivity contribution in [1.82, 2.24) is 15.4 Å². The Kier molecular flexibility index (Phi) is 3.33. The molecule has 3 rings (SSSR count). The number of fused-ring (bicyclic) bond motifs is 1. The molecule has 1 aromatic heterocycles. The first-order valence-electron chi connectivity index (χ1n) is 7.08. The molecular formula is C16H18N4O2. The summed E-state index contributed by atoms with van der Waals surface area (Å²) < 4.78 is 0. The third-order valence-corrected chi connectivity index (χ3v) is 4.18. The largest absolute Gasteiger partial charge is 0.327 e. The van der Waals surface area contributed by atoms with Crippen LogP contribution in [0.5, 0.6) is 0 Å². The topological polar surface area (TPSA) is 78.4 Å². The van der Waals surface area contributed by atoms with Crippen molar-refractivity contribution in [2.75, 3.05) is 4.90 Å². The number of aryl methyl sites for hydroxylation is 1. The first-order chi connectivity index (χ1) is 10.4. The number of amides is 1. The highest BCUT2D eigenvalue weighted by Gasteiger charge is 2.40. The number of nitrogens with one attached hydrogen (secondary N) is 1. The van der Waals surface area contributed by atoms with E-state index in [-0.39, 0.29) is 5.54 Å². The van der Waals surface area contributed by atoms with Gasteiger partial charge in [0.2, 0.25) is 5.95 Å². The molecule has 0 aliphatic carbocycles. The van der Waals surface area contributed by atoms with E-state index in [9.17, 15) is 4.79 Å². The molecule has 0 radical (unpaired) electrons. The summed E-state index contributed by atoms with van der Waals surface area (Å²) in [7, 11) is 0. The third kappa shape index (κ3) is 2.12. The molecule has 0 atom stereocenters. The Balaban J connectivity index is 2.08. The maximum absolute atomic E-state index is 11.9. The lowest BCUT2D eigenvalue weighted by atomic mass is 9.91. The predicted octanol–water partition coefficient (Wildman–Crippen LogP) is 2.16. The van der Waals surface area contributed by atoms with Gasteiger partial charge in [0.15, 0.2) is 0 Å². The van der Waals surface area contributed by atoms with Crippen LogP contribution in [0.2, 0.25) is 0 Å². The van der Waals surface area contributed by atoms with Crippen molar-refractivity contribution in [2.24, 2.45) is 0 Å². The van der Waals surface area contributed by atoms with Gasteiger partial charge in [-0.15, -0.1) is 0 Å². The Morgan fingerprint density at radius 2 is 2.00 bits per heavy atom. The van der Waals surface area contributed by atoms with E-state index in [1.54, 1.807) is 23.9 Å². The highest BCUT2D eigenvalue weighted by Crippen LogP contribution is 2.41. The molecule has 2 heterocycles. The Morgan fingerprint density at radius 3 is 2.64 bits per heavy atom. The van der Waals surface area contributed by atoms with Gasteiger partial charge in [0.25, 0.3) is 5.91 Å². The number of hydrogen-bond acceptors (Lipinski definition) is 5. The fraction of sp³-hybridized carbons (Fsp3) is 0.312. The van der Waals surface area contributed by atoms with Crippen LogP contribution < -0.4 is 10.4 Å². The Labute approximate surface area is 128 Å². The quantitative estimate of drug-likeness (QED) is 0.656. The molecule has 2 aromatic rings. The number of carbonyl (C=O) groups is 1. The van der Waals surface area contributed by atoms with Crippen LogP contribution in [-0.4, -0.2) is 21.1 Å². The van der Waals surface area contributed by atoms with Crippen molar-refractivity contribution in [2.45, 2.75) is 32.9 Å². The third-order valence-electron chi connectivity index (χ3n) is 4.18. The summed E-state index contributed by atoms with van der Waals surface area (Å²) in [5.74, 6) is 0.126. The summed E-state index contributed by atoms with van der Waals surface area (Å²) >= 11 is 0. The van der Waals surface area contributed by atoms with E-state index in [1.165, 1.54) is 0 Å². The zero-order valence-corrected chi connectivity index (χ0v) is 12.8. The van der Waals surface area contributed by atoms with Crippen LogP contribution >= 0.6 is 0 Å². The van der Waals surface area contributed by atoms with Crippen LogP contribution in [0.1, 0.15) is 40.9 Å². The van der Waals surface area contributed by atoms with Crippen LogP contribution in [0.15, 0.2) is 30.6 Å². The van der Waals surface area contributed by atoms with Gasteiger partial charge in [0.05, 0.1) is 5.54 Å². The maximum Gasteiger partial charge on any atom is 0.274 e. The molecule has 0 unspecified atom stereocenters. The van der Waals surface area contributed by atoms with E-state index < -0.39 is 5.91 Å². The molecule has 1 aliphatic rings. The molecule has 0 saturated carbocycles. The number of rotatable bonds is 2. The average molecular weight is 298 g/mol. The molecule has 2 N–H and O–H groups in total. The molecular weight excluding hydrogens is 280 g/mol. The zero-order chi connectivity index (χ0) is 15.9. The van der Waals surface area contributed by atoms with Crippen molar-refractivity contribution in [3.63, 3.8) is 0 Å². The van der Waals surface area contributed by atoms with Gasteiger partial charge in [-0.3, -0.25) is 10.0 Å². The van der Waals surface area contributed by atoms with Crippen LogP contribution in [0.3, 0.4) is 0 Å². The van der Waals surface area contributed by atoms with E-state index in [0.29, 0.717) is 18.1 Å². The summed E-state index contributed by atoms with van der Waals surface area (Å²) in [6.45, 7) is 6.61. The van der Waals surface area contributed by atoms with Gasteiger partial charge in [-0.1, -0.05) is 12.1 Å². The highest BCUT2D eigenvalue weighted by molar-refractivity contribution is 5.95. The number of anilines is 1. The number of carbonyl (C=O) groups excluding carboxylic acids is 1. The van der Waals surface area contributed by atoms with Crippen LogP contribution in [0.4, 0.5) is 5.95 Å². The second kappa shape index (κ2) is 5.06. The minimum Gasteiger partial charge on any atom is -0.327 e. The van der Waals surface area contributed by atoms with E-state index in [2.05, 4.69) is 28.7 Å². The molecule has 0 bridgehead atoms. The molecule has 1 aromatic carbocycles. The monoisotopic (exact) mass is 298 g/mol. The summed E-state index contributed by atoms with van der Waals surface area (Å²) in [5, 5.41) is 8.93. The van der Waals surface area contributed by atoms with Crippen LogP contribution in [0.25, 0.3) is 0 Å². The second-order valence-electron chi connectivity index (χ2n) is 5.98. The summed E-state index contributed by atoms with van der Waals surface area (Å²) in [4.78, 5) is 22.7. The fourth-order valence-electron chi connectivity index (χ4n) is 2.95. The number of hydroxylamine groups is 1. The normalized spacial score (nSPS) is 15.5. The van der Waals surface area contributed by atoms with Gasteiger partial charge in [-0.05, 0) is 43.5 Å². The first kappa shape index (κ1) is 14.5. The lowest BCUT2D eigenvalue weighted by molar-refractivity contribution is 0.0705. The van der Waals surface area contributed by atoms with Crippen LogP contribution in [-0.2, 0) is 12.1 Å². The van der Waals surface area contributed by atoms with Gasteiger partial charge >= 0.3 is 0 Å². The fourth-order valence-corrected chi connectivity index (χ4v) is 2.95. The van der Waals surface area contributed by atoms with E-state index in [4.69, 9.17) is 5.21 Å². The lowest BCUT2D eigenvalue weighted by Gasteiger charge is -2.32. The van der Waals surface area contributed by atoms with Gasteiger partial charge in [0, 0.05) is 24.5 Å².